The molecule has 0 aliphatic carbocycles. The van der Waals surface area contributed by atoms with Gasteiger partial charge in [0.05, 0.1) is 4.92 Å². The fraction of sp³-hybridized carbons (Fsp3) is 0.533. The van der Waals surface area contributed by atoms with E-state index < -0.39 is 4.92 Å². The molecule has 0 unspecified atom stereocenters. The van der Waals surface area contributed by atoms with Crippen molar-refractivity contribution in [3.63, 3.8) is 0 Å². The Kier molecular flexibility index (Phi) is 7.21. The number of hydrogen-bond acceptors (Lipinski definition) is 4. The lowest BCUT2D eigenvalue weighted by molar-refractivity contribution is -0.384. The quantitative estimate of drug-likeness (QED) is 0.415. The molecule has 2 N–H and O–H groups in total. The van der Waals surface area contributed by atoms with E-state index in [4.69, 9.17) is 0 Å². The summed E-state index contributed by atoms with van der Waals surface area (Å²) in [6, 6.07) is 4.41. The summed E-state index contributed by atoms with van der Waals surface area (Å²) in [7, 11) is 0. The molecule has 0 spiro atoms. The van der Waals surface area contributed by atoms with Crippen LogP contribution < -0.4 is 10.6 Å². The van der Waals surface area contributed by atoms with E-state index in [1.165, 1.54) is 12.1 Å². The van der Waals surface area contributed by atoms with Gasteiger partial charge in [-0.1, -0.05) is 26.7 Å². The number of nitrogens with one attached hydrogen (secondary N) is 2. The Labute approximate surface area is 125 Å². The minimum atomic E-state index is -0.444. The molecule has 0 saturated carbocycles. The van der Waals surface area contributed by atoms with Crippen molar-refractivity contribution in [3.8, 4) is 0 Å². The Hall–Kier alpha value is -2.11. The van der Waals surface area contributed by atoms with E-state index in [2.05, 4.69) is 17.6 Å². The first-order chi connectivity index (χ1) is 10.1. The molecule has 1 amide bonds. The first-order valence-electron chi connectivity index (χ1n) is 7.40. The third kappa shape index (κ3) is 5.41. The average molecular weight is 293 g/mol. The summed E-state index contributed by atoms with van der Waals surface area (Å²) >= 11 is 0. The molecule has 0 radical (unpaired) electrons. The monoisotopic (exact) mass is 293 g/mol. The van der Waals surface area contributed by atoms with Crippen LogP contribution in [0.3, 0.4) is 0 Å². The number of carbonyl (C=O) groups excluding carboxylic acids is 1. The van der Waals surface area contributed by atoms with Crippen LogP contribution in [-0.4, -0.2) is 23.9 Å². The fourth-order valence-corrected chi connectivity index (χ4v) is 1.92. The maximum atomic E-state index is 12.0. The summed E-state index contributed by atoms with van der Waals surface area (Å²) in [6.07, 6.45) is 3.96. The van der Waals surface area contributed by atoms with Crippen molar-refractivity contribution in [2.45, 2.75) is 39.5 Å². The average Bonchev–Trinajstić information content (AvgIpc) is 2.48. The van der Waals surface area contributed by atoms with Gasteiger partial charge >= 0.3 is 0 Å². The van der Waals surface area contributed by atoms with E-state index in [1.807, 2.05) is 6.92 Å². The van der Waals surface area contributed by atoms with Gasteiger partial charge in [0, 0.05) is 24.7 Å². The number of unbranched alkanes of at least 4 members (excludes halogenated alkanes) is 2. The van der Waals surface area contributed by atoms with Gasteiger partial charge in [0.2, 0.25) is 0 Å². The predicted octanol–water partition coefficient (Wildman–Crippen LogP) is 3.34. The Morgan fingerprint density at radius 1 is 1.19 bits per heavy atom. The van der Waals surface area contributed by atoms with Crippen molar-refractivity contribution >= 4 is 17.3 Å². The van der Waals surface area contributed by atoms with Gasteiger partial charge in [-0.3, -0.25) is 14.9 Å². The molecule has 0 bridgehead atoms. The van der Waals surface area contributed by atoms with Gasteiger partial charge in [0.1, 0.15) is 5.69 Å². The third-order valence-corrected chi connectivity index (χ3v) is 3.09. The molecule has 116 valence electrons. The van der Waals surface area contributed by atoms with Crippen LogP contribution in [-0.2, 0) is 0 Å². The summed E-state index contributed by atoms with van der Waals surface area (Å²) in [5.74, 6) is -0.194. The van der Waals surface area contributed by atoms with Gasteiger partial charge in [-0.15, -0.1) is 0 Å². The maximum absolute atomic E-state index is 12.0. The summed E-state index contributed by atoms with van der Waals surface area (Å²) < 4.78 is 0. The van der Waals surface area contributed by atoms with Gasteiger partial charge < -0.3 is 10.6 Å². The molecule has 1 rings (SSSR count). The molecule has 0 aromatic heterocycles. The first-order valence-corrected chi connectivity index (χ1v) is 7.40. The van der Waals surface area contributed by atoms with Crippen LogP contribution >= 0.6 is 0 Å². The number of hydrogen-bond donors (Lipinski definition) is 2. The van der Waals surface area contributed by atoms with E-state index >= 15 is 0 Å². The van der Waals surface area contributed by atoms with E-state index in [0.29, 0.717) is 24.3 Å². The van der Waals surface area contributed by atoms with Gasteiger partial charge in [-0.25, -0.2) is 0 Å². The Bertz CT molecular complexity index is 489. The molecule has 1 aromatic rings. The SMILES string of the molecule is CCCCCNC(=O)c1ccc([N+](=O)[O-])c(NCCC)c1. The second-order valence-corrected chi connectivity index (χ2v) is 4.88. The summed E-state index contributed by atoms with van der Waals surface area (Å²) in [5, 5.41) is 16.8. The van der Waals surface area contributed by atoms with E-state index in [0.717, 1.165) is 25.7 Å². The van der Waals surface area contributed by atoms with Crippen molar-refractivity contribution < 1.29 is 9.72 Å². The zero-order chi connectivity index (χ0) is 15.7. The lowest BCUT2D eigenvalue weighted by Crippen LogP contribution is -2.24. The number of amides is 1. The van der Waals surface area contributed by atoms with E-state index in [1.54, 1.807) is 6.07 Å². The zero-order valence-electron chi connectivity index (χ0n) is 12.6. The van der Waals surface area contributed by atoms with Crippen LogP contribution in [0.1, 0.15) is 49.9 Å². The van der Waals surface area contributed by atoms with Crippen molar-refractivity contribution in [3.05, 3.63) is 33.9 Å². The predicted molar refractivity (Wildman–Crippen MR) is 83.7 cm³/mol. The molecule has 6 heteroatoms. The highest BCUT2D eigenvalue weighted by Gasteiger charge is 2.16. The smallest absolute Gasteiger partial charge is 0.292 e. The van der Waals surface area contributed by atoms with Gasteiger partial charge in [-0.2, -0.15) is 0 Å². The van der Waals surface area contributed by atoms with Crippen molar-refractivity contribution in [1.82, 2.24) is 5.32 Å². The number of nitrogens with zero attached hydrogens (tertiary/aromatic N) is 1. The molecular weight excluding hydrogens is 270 g/mol. The number of nitro groups is 1. The van der Waals surface area contributed by atoms with Crippen LogP contribution in [0.4, 0.5) is 11.4 Å². The van der Waals surface area contributed by atoms with E-state index in [9.17, 15) is 14.9 Å². The number of carbonyl (C=O) groups is 1. The third-order valence-electron chi connectivity index (χ3n) is 3.09. The van der Waals surface area contributed by atoms with Crippen molar-refractivity contribution in [2.24, 2.45) is 0 Å². The van der Waals surface area contributed by atoms with Crippen molar-refractivity contribution in [2.75, 3.05) is 18.4 Å². The van der Waals surface area contributed by atoms with Crippen LogP contribution in [0, 0.1) is 10.1 Å². The minimum absolute atomic E-state index is 0.00835. The van der Waals surface area contributed by atoms with Gasteiger partial charge in [0.25, 0.3) is 11.6 Å². The summed E-state index contributed by atoms with van der Waals surface area (Å²) in [4.78, 5) is 22.5. The molecule has 0 aliphatic rings. The minimum Gasteiger partial charge on any atom is -0.379 e. The van der Waals surface area contributed by atoms with Crippen molar-refractivity contribution in [1.29, 1.82) is 0 Å². The molecule has 0 saturated heterocycles. The van der Waals surface area contributed by atoms with Crippen LogP contribution in [0.25, 0.3) is 0 Å². The highest BCUT2D eigenvalue weighted by Crippen LogP contribution is 2.25. The normalized spacial score (nSPS) is 10.2. The summed E-state index contributed by atoms with van der Waals surface area (Å²) in [6.45, 7) is 5.33. The number of nitro benzene ring substituents is 1. The van der Waals surface area contributed by atoms with Gasteiger partial charge in [-0.05, 0) is 25.0 Å². The standard InChI is InChI=1S/C15H23N3O3/c1-3-5-6-10-17-15(19)12-7-8-14(18(20)21)13(11-12)16-9-4-2/h7-8,11,16H,3-6,9-10H2,1-2H3,(H,17,19). The number of benzene rings is 1. The Morgan fingerprint density at radius 3 is 2.57 bits per heavy atom. The number of anilines is 1. The molecule has 21 heavy (non-hydrogen) atoms. The van der Waals surface area contributed by atoms with Crippen LogP contribution in [0.5, 0.6) is 0 Å². The number of rotatable bonds is 9. The fourth-order valence-electron chi connectivity index (χ4n) is 1.92. The highest BCUT2D eigenvalue weighted by molar-refractivity contribution is 5.95. The second kappa shape index (κ2) is 8.94. The molecule has 0 fully saturated rings. The second-order valence-electron chi connectivity index (χ2n) is 4.88. The highest BCUT2D eigenvalue weighted by atomic mass is 16.6. The maximum Gasteiger partial charge on any atom is 0.292 e. The summed E-state index contributed by atoms with van der Waals surface area (Å²) in [5.41, 5.74) is 0.824. The van der Waals surface area contributed by atoms with Crippen LogP contribution in [0.15, 0.2) is 18.2 Å². The van der Waals surface area contributed by atoms with E-state index in [-0.39, 0.29) is 11.6 Å². The topological polar surface area (TPSA) is 84.3 Å². The molecule has 6 nitrogen and oxygen atoms in total. The lowest BCUT2D eigenvalue weighted by Gasteiger charge is -2.09. The lowest BCUT2D eigenvalue weighted by atomic mass is 10.1. The molecule has 0 aliphatic heterocycles. The first kappa shape index (κ1) is 16.9. The van der Waals surface area contributed by atoms with Gasteiger partial charge in [0.15, 0.2) is 0 Å². The largest absolute Gasteiger partial charge is 0.379 e. The Morgan fingerprint density at radius 2 is 1.95 bits per heavy atom. The molecular formula is C15H23N3O3. The molecule has 0 heterocycles. The molecule has 1 aromatic carbocycles. The van der Waals surface area contributed by atoms with Crippen LogP contribution in [0.2, 0.25) is 0 Å². The zero-order valence-corrected chi connectivity index (χ0v) is 12.6. The Balaban J connectivity index is 2.78. The molecule has 0 atom stereocenters.